The van der Waals surface area contributed by atoms with Crippen LogP contribution in [0.2, 0.25) is 0 Å². The van der Waals surface area contributed by atoms with E-state index in [0.717, 1.165) is 19.3 Å². The van der Waals surface area contributed by atoms with E-state index in [-0.39, 0.29) is 11.8 Å². The van der Waals surface area contributed by atoms with Crippen LogP contribution in [-0.2, 0) is 4.79 Å². The summed E-state index contributed by atoms with van der Waals surface area (Å²) in [5.74, 6) is 0.485. The first-order valence-electron chi connectivity index (χ1n) is 7.82. The number of primary amides is 1. The van der Waals surface area contributed by atoms with Crippen LogP contribution in [0, 0.1) is 0 Å². The van der Waals surface area contributed by atoms with E-state index in [0.29, 0.717) is 11.8 Å². The monoisotopic (exact) mass is 275 g/mol. The van der Waals surface area contributed by atoms with Crippen LogP contribution in [0.15, 0.2) is 18.2 Å². The fraction of sp³-hybridized carbons (Fsp3) is 0.611. The van der Waals surface area contributed by atoms with Gasteiger partial charge in [-0.25, -0.2) is 0 Å². The molecule has 1 aromatic carbocycles. The fourth-order valence-electron chi connectivity index (χ4n) is 2.85. The minimum absolute atomic E-state index is 0.147. The Morgan fingerprint density at radius 1 is 1.10 bits per heavy atom. The van der Waals surface area contributed by atoms with Gasteiger partial charge in [-0.05, 0) is 34.9 Å². The molecule has 1 unspecified atom stereocenters. The van der Waals surface area contributed by atoms with E-state index in [1.54, 1.807) is 0 Å². The highest BCUT2D eigenvalue weighted by atomic mass is 16.1. The summed E-state index contributed by atoms with van der Waals surface area (Å²) in [7, 11) is 0. The number of carbonyl (C=O) groups excluding carboxylic acids is 1. The Hall–Kier alpha value is -1.31. The number of hydrogen-bond acceptors (Lipinski definition) is 1. The first-order valence-corrected chi connectivity index (χ1v) is 7.82. The molecule has 0 spiro atoms. The molecular formula is C18H29NO. The molecule has 0 aliphatic heterocycles. The lowest BCUT2D eigenvalue weighted by Gasteiger charge is -2.25. The van der Waals surface area contributed by atoms with E-state index in [1.165, 1.54) is 16.7 Å². The van der Waals surface area contributed by atoms with Gasteiger partial charge in [0, 0.05) is 0 Å². The zero-order valence-corrected chi connectivity index (χ0v) is 13.6. The summed E-state index contributed by atoms with van der Waals surface area (Å²) in [5, 5.41) is 0. The van der Waals surface area contributed by atoms with Crippen molar-refractivity contribution in [3.63, 3.8) is 0 Å². The van der Waals surface area contributed by atoms with Gasteiger partial charge in [-0.2, -0.15) is 0 Å². The van der Waals surface area contributed by atoms with Crippen LogP contribution in [0.25, 0.3) is 0 Å². The number of hydrogen-bond donors (Lipinski definition) is 1. The zero-order chi connectivity index (χ0) is 15.3. The van der Waals surface area contributed by atoms with Gasteiger partial charge in [0.15, 0.2) is 0 Å². The molecule has 1 amide bonds. The van der Waals surface area contributed by atoms with E-state index in [9.17, 15) is 4.79 Å². The summed E-state index contributed by atoms with van der Waals surface area (Å²) in [6, 6.07) is 6.40. The molecule has 0 saturated heterocycles. The van der Waals surface area contributed by atoms with Gasteiger partial charge in [-0.3, -0.25) is 4.79 Å². The maximum absolute atomic E-state index is 12.0. The average Bonchev–Trinajstić information content (AvgIpc) is 2.38. The van der Waals surface area contributed by atoms with E-state index >= 15 is 0 Å². The molecule has 0 saturated carbocycles. The normalized spacial score (nSPS) is 12.9. The van der Waals surface area contributed by atoms with Gasteiger partial charge in [0.05, 0.1) is 5.92 Å². The van der Waals surface area contributed by atoms with Gasteiger partial charge >= 0.3 is 0 Å². The second kappa shape index (κ2) is 7.47. The summed E-state index contributed by atoms with van der Waals surface area (Å²) < 4.78 is 0. The Balaban J connectivity index is 3.38. The number of rotatable bonds is 7. The predicted octanol–water partition coefficient (Wildman–Crippen LogP) is 4.69. The van der Waals surface area contributed by atoms with Crippen LogP contribution in [0.3, 0.4) is 0 Å². The Morgan fingerprint density at radius 2 is 1.60 bits per heavy atom. The van der Waals surface area contributed by atoms with Crippen molar-refractivity contribution >= 4 is 5.91 Å². The van der Waals surface area contributed by atoms with Crippen molar-refractivity contribution in [1.29, 1.82) is 0 Å². The highest BCUT2D eigenvalue weighted by Crippen LogP contribution is 2.35. The van der Waals surface area contributed by atoms with Gasteiger partial charge < -0.3 is 5.73 Å². The molecule has 0 aliphatic rings. The molecule has 1 atom stereocenters. The quantitative estimate of drug-likeness (QED) is 0.770. The third-order valence-corrected chi connectivity index (χ3v) is 3.96. The average molecular weight is 275 g/mol. The molecule has 2 N–H and O–H groups in total. The van der Waals surface area contributed by atoms with Crippen molar-refractivity contribution in [2.45, 2.75) is 71.6 Å². The molecule has 0 heterocycles. The number of unbranched alkanes of at least 4 members (excludes halogenated alkanes) is 1. The molecule has 2 heteroatoms. The van der Waals surface area contributed by atoms with E-state index in [1.807, 2.05) is 0 Å². The van der Waals surface area contributed by atoms with Crippen LogP contribution in [0.5, 0.6) is 0 Å². The van der Waals surface area contributed by atoms with E-state index < -0.39 is 0 Å². The lowest BCUT2D eigenvalue weighted by Crippen LogP contribution is -2.24. The molecular weight excluding hydrogens is 246 g/mol. The Bertz CT molecular complexity index is 422. The van der Waals surface area contributed by atoms with Crippen molar-refractivity contribution in [1.82, 2.24) is 0 Å². The van der Waals surface area contributed by atoms with Crippen molar-refractivity contribution < 1.29 is 4.79 Å². The highest BCUT2D eigenvalue weighted by molar-refractivity contribution is 5.83. The van der Waals surface area contributed by atoms with Crippen LogP contribution >= 0.6 is 0 Å². The number of nitrogens with two attached hydrogens (primary N) is 1. The summed E-state index contributed by atoms with van der Waals surface area (Å²) in [6.07, 6.45) is 2.98. The van der Waals surface area contributed by atoms with Gasteiger partial charge in [-0.1, -0.05) is 65.7 Å². The number of amides is 1. The van der Waals surface area contributed by atoms with Crippen molar-refractivity contribution in [3.8, 4) is 0 Å². The molecule has 2 nitrogen and oxygen atoms in total. The standard InChI is InChI=1S/C18H29NO/c1-6-7-9-16(18(19)20)17-14(12(2)3)10-8-11-15(17)13(4)5/h8,10-13,16H,6-7,9H2,1-5H3,(H2,19,20). The largest absolute Gasteiger partial charge is 0.369 e. The molecule has 0 aliphatic carbocycles. The summed E-state index contributed by atoms with van der Waals surface area (Å²) in [6.45, 7) is 10.9. The smallest absolute Gasteiger partial charge is 0.224 e. The maximum Gasteiger partial charge on any atom is 0.224 e. The van der Waals surface area contributed by atoms with Crippen molar-refractivity contribution in [2.75, 3.05) is 0 Å². The molecule has 0 aromatic heterocycles. The van der Waals surface area contributed by atoms with Crippen LogP contribution in [0.1, 0.15) is 88.3 Å². The Kier molecular flexibility index (Phi) is 6.25. The molecule has 20 heavy (non-hydrogen) atoms. The van der Waals surface area contributed by atoms with Crippen LogP contribution < -0.4 is 5.73 Å². The van der Waals surface area contributed by atoms with Gasteiger partial charge in [0.1, 0.15) is 0 Å². The maximum atomic E-state index is 12.0. The molecule has 0 bridgehead atoms. The van der Waals surface area contributed by atoms with Crippen molar-refractivity contribution in [3.05, 3.63) is 34.9 Å². The molecule has 112 valence electrons. The van der Waals surface area contributed by atoms with Crippen LogP contribution in [0.4, 0.5) is 0 Å². The first-order chi connectivity index (χ1) is 9.40. The second-order valence-electron chi connectivity index (χ2n) is 6.26. The highest BCUT2D eigenvalue weighted by Gasteiger charge is 2.25. The first kappa shape index (κ1) is 16.7. The Labute approximate surface area is 123 Å². The van der Waals surface area contributed by atoms with Crippen LogP contribution in [-0.4, -0.2) is 5.91 Å². The molecule has 0 radical (unpaired) electrons. The van der Waals surface area contributed by atoms with Gasteiger partial charge in [0.25, 0.3) is 0 Å². The molecule has 1 aromatic rings. The third-order valence-electron chi connectivity index (χ3n) is 3.96. The molecule has 0 fully saturated rings. The topological polar surface area (TPSA) is 43.1 Å². The summed E-state index contributed by atoms with van der Waals surface area (Å²) in [5.41, 5.74) is 9.45. The third kappa shape index (κ3) is 3.84. The zero-order valence-electron chi connectivity index (χ0n) is 13.6. The SMILES string of the molecule is CCCCC(C(N)=O)c1c(C(C)C)cccc1C(C)C. The van der Waals surface area contributed by atoms with Gasteiger partial charge in [-0.15, -0.1) is 0 Å². The Morgan fingerprint density at radius 3 is 1.95 bits per heavy atom. The van der Waals surface area contributed by atoms with Crippen molar-refractivity contribution in [2.24, 2.45) is 5.73 Å². The van der Waals surface area contributed by atoms with Gasteiger partial charge in [0.2, 0.25) is 5.91 Å². The predicted molar refractivity (Wildman–Crippen MR) is 86.1 cm³/mol. The minimum atomic E-state index is -0.187. The summed E-state index contributed by atoms with van der Waals surface area (Å²) >= 11 is 0. The van der Waals surface area contributed by atoms with E-state index in [2.05, 4.69) is 52.8 Å². The molecule has 1 rings (SSSR count). The minimum Gasteiger partial charge on any atom is -0.369 e. The number of benzene rings is 1. The second-order valence-corrected chi connectivity index (χ2v) is 6.26. The fourth-order valence-corrected chi connectivity index (χ4v) is 2.85. The van der Waals surface area contributed by atoms with E-state index in [4.69, 9.17) is 5.73 Å². The summed E-state index contributed by atoms with van der Waals surface area (Å²) in [4.78, 5) is 12.0. The lowest BCUT2D eigenvalue weighted by molar-refractivity contribution is -0.119. The lowest BCUT2D eigenvalue weighted by atomic mass is 9.80. The number of carbonyl (C=O) groups is 1.